The SMILES string of the molecule is COC(=O)[C@H]1O[C@H](O[C@H]2C=C[C@H]3[C@H]4Cc5ccc(OC(C)=O)c6c5[C@@]3(CCN4C)[C@H]2O6)[C@H](OC(=O)C(C)C)[C@@H](OC(=O)C(C)C)[C@@H]1OC(=O)C(C)C. The van der Waals surface area contributed by atoms with E-state index in [1.165, 1.54) is 6.92 Å². The van der Waals surface area contributed by atoms with Gasteiger partial charge in [0.2, 0.25) is 6.29 Å². The van der Waals surface area contributed by atoms with Crippen LogP contribution in [0, 0.1) is 23.7 Å². The predicted octanol–water partition coefficient (Wildman–Crippen LogP) is 3.04. The number of carbonyl (C=O) groups excluding carboxylic acids is 5. The first-order valence-corrected chi connectivity index (χ1v) is 18.0. The number of nitrogens with zero attached hydrogens (tertiary/aromatic N) is 1. The molecule has 3 heterocycles. The van der Waals surface area contributed by atoms with Crippen molar-refractivity contribution in [2.45, 2.75) is 116 Å². The molecule has 1 spiro atoms. The Bertz CT molecular complexity index is 1640. The van der Waals surface area contributed by atoms with Crippen LogP contribution in [0.15, 0.2) is 24.3 Å². The van der Waals surface area contributed by atoms with Crippen molar-refractivity contribution in [3.05, 3.63) is 35.4 Å². The van der Waals surface area contributed by atoms with Crippen LogP contribution in [-0.4, -0.2) is 104 Å². The summed E-state index contributed by atoms with van der Waals surface area (Å²) in [5.41, 5.74) is 1.50. The second-order valence-corrected chi connectivity index (χ2v) is 15.2. The summed E-state index contributed by atoms with van der Waals surface area (Å²) >= 11 is 0. The summed E-state index contributed by atoms with van der Waals surface area (Å²) in [4.78, 5) is 67.4. The molecule has 6 rings (SSSR count). The van der Waals surface area contributed by atoms with Crippen LogP contribution in [-0.2, 0) is 64.2 Å². The van der Waals surface area contributed by atoms with E-state index in [-0.39, 0.29) is 12.0 Å². The van der Waals surface area contributed by atoms with Gasteiger partial charge in [-0.3, -0.25) is 19.2 Å². The number of piperidine rings is 1. The molecule has 284 valence electrons. The third-order valence-corrected chi connectivity index (χ3v) is 10.8. The maximum absolute atomic E-state index is 13.4. The summed E-state index contributed by atoms with van der Waals surface area (Å²) < 4.78 is 48.2. The van der Waals surface area contributed by atoms with Gasteiger partial charge in [-0.05, 0) is 38.1 Å². The molecule has 1 aromatic rings. The predicted molar refractivity (Wildman–Crippen MR) is 181 cm³/mol. The number of benzene rings is 1. The summed E-state index contributed by atoms with van der Waals surface area (Å²) in [6.45, 7) is 11.8. The second kappa shape index (κ2) is 14.4. The summed E-state index contributed by atoms with van der Waals surface area (Å²) in [6, 6.07) is 3.91. The van der Waals surface area contributed by atoms with E-state index in [1.54, 1.807) is 47.6 Å². The number of ether oxygens (including phenoxy) is 8. The highest BCUT2D eigenvalue weighted by atomic mass is 16.7. The van der Waals surface area contributed by atoms with Crippen molar-refractivity contribution >= 4 is 29.8 Å². The van der Waals surface area contributed by atoms with E-state index in [4.69, 9.17) is 37.9 Å². The van der Waals surface area contributed by atoms with E-state index in [0.717, 1.165) is 31.2 Å². The minimum Gasteiger partial charge on any atom is -0.482 e. The van der Waals surface area contributed by atoms with E-state index >= 15 is 0 Å². The van der Waals surface area contributed by atoms with Crippen LogP contribution < -0.4 is 9.47 Å². The highest BCUT2D eigenvalue weighted by molar-refractivity contribution is 5.78. The molecule has 14 nitrogen and oxygen atoms in total. The van der Waals surface area contributed by atoms with Crippen LogP contribution in [0.25, 0.3) is 0 Å². The topological polar surface area (TPSA) is 162 Å². The Morgan fingerprint density at radius 1 is 0.865 bits per heavy atom. The normalized spacial score (nSPS) is 32.9. The largest absolute Gasteiger partial charge is 0.482 e. The molecule has 2 saturated heterocycles. The van der Waals surface area contributed by atoms with E-state index < -0.39 is 95.9 Å². The fourth-order valence-corrected chi connectivity index (χ4v) is 8.14. The van der Waals surface area contributed by atoms with Crippen molar-refractivity contribution in [1.29, 1.82) is 0 Å². The first kappa shape index (κ1) is 37.7. The van der Waals surface area contributed by atoms with Crippen LogP contribution in [0.3, 0.4) is 0 Å². The highest BCUT2D eigenvalue weighted by Crippen LogP contribution is 2.63. The van der Waals surface area contributed by atoms with Crippen molar-refractivity contribution in [3.63, 3.8) is 0 Å². The lowest BCUT2D eigenvalue weighted by molar-refractivity contribution is -0.314. The third kappa shape index (κ3) is 6.47. The van der Waals surface area contributed by atoms with Gasteiger partial charge < -0.3 is 42.8 Å². The minimum absolute atomic E-state index is 0.0293. The molecule has 0 saturated carbocycles. The molecular formula is C38H49NO13. The number of likely N-dealkylation sites (N-methyl/N-ethyl adjacent to an activating group) is 1. The zero-order valence-corrected chi connectivity index (χ0v) is 31.1. The van der Waals surface area contributed by atoms with Crippen molar-refractivity contribution < 1.29 is 61.9 Å². The van der Waals surface area contributed by atoms with Crippen molar-refractivity contribution in [2.24, 2.45) is 23.7 Å². The average molecular weight is 728 g/mol. The van der Waals surface area contributed by atoms with E-state index in [2.05, 4.69) is 18.0 Å². The molecule has 2 aliphatic carbocycles. The molecular weight excluding hydrogens is 678 g/mol. The number of hydrogen-bond acceptors (Lipinski definition) is 14. The molecule has 5 aliphatic rings. The first-order valence-electron chi connectivity index (χ1n) is 18.0. The standard InChI is InChI=1S/C38H49NO13/c1-17(2)33(41)49-28-29(50-34(42)18(3)4)31(51-35(43)19(5)6)37(52-30(28)36(44)45-9)47-25-13-11-22-23-16-21-10-12-24(46-20(7)40)27-26(21)38(22,32(25)48-27)14-15-39(23)8/h10-13,17-19,22-23,25,28-32,37H,14-16H2,1-9H3/t22-,23+,25-,28-,29-,30-,31+,32-,37-,38-/m0/s1. The van der Waals surface area contributed by atoms with Gasteiger partial charge in [0.15, 0.2) is 35.9 Å². The molecule has 1 aromatic carbocycles. The second-order valence-electron chi connectivity index (χ2n) is 15.2. The van der Waals surface area contributed by atoms with Gasteiger partial charge in [-0.25, -0.2) is 4.79 Å². The Morgan fingerprint density at radius 2 is 1.48 bits per heavy atom. The zero-order chi connectivity index (χ0) is 37.8. The molecule has 0 unspecified atom stereocenters. The number of hydrogen-bond donors (Lipinski definition) is 0. The summed E-state index contributed by atoms with van der Waals surface area (Å²) in [7, 11) is 3.25. The average Bonchev–Trinajstić information content (AvgIpc) is 3.44. The van der Waals surface area contributed by atoms with Gasteiger partial charge in [0.05, 0.1) is 24.9 Å². The Morgan fingerprint density at radius 3 is 2.08 bits per heavy atom. The van der Waals surface area contributed by atoms with Crippen molar-refractivity contribution in [3.8, 4) is 11.5 Å². The van der Waals surface area contributed by atoms with Crippen molar-refractivity contribution in [2.75, 3.05) is 20.7 Å². The van der Waals surface area contributed by atoms with E-state index in [1.807, 2.05) is 12.1 Å². The van der Waals surface area contributed by atoms with E-state index in [0.29, 0.717) is 17.9 Å². The Balaban J connectivity index is 1.44. The van der Waals surface area contributed by atoms with Gasteiger partial charge >= 0.3 is 29.8 Å². The fourth-order valence-electron chi connectivity index (χ4n) is 8.14. The lowest BCUT2D eigenvalue weighted by Crippen LogP contribution is -2.67. The van der Waals surface area contributed by atoms with E-state index in [9.17, 15) is 24.0 Å². The van der Waals surface area contributed by atoms with Crippen LogP contribution in [0.5, 0.6) is 11.5 Å². The zero-order valence-electron chi connectivity index (χ0n) is 31.1. The smallest absolute Gasteiger partial charge is 0.339 e. The first-order chi connectivity index (χ1) is 24.6. The summed E-state index contributed by atoms with van der Waals surface area (Å²) in [5.74, 6) is -4.51. The maximum atomic E-state index is 13.4. The Hall–Kier alpha value is -4.01. The Kier molecular flexibility index (Phi) is 10.5. The van der Waals surface area contributed by atoms with Gasteiger partial charge in [0.25, 0.3) is 0 Å². The minimum atomic E-state index is -1.62. The highest BCUT2D eigenvalue weighted by Gasteiger charge is 2.66. The molecule has 0 amide bonds. The van der Waals surface area contributed by atoms with Crippen molar-refractivity contribution in [1.82, 2.24) is 4.90 Å². The number of esters is 5. The molecule has 14 heteroatoms. The molecule has 0 aromatic heterocycles. The molecule has 0 radical (unpaired) electrons. The van der Waals surface area contributed by atoms with Gasteiger partial charge in [-0.1, -0.05) is 59.8 Å². The van der Waals surface area contributed by atoms with Crippen LogP contribution in [0.2, 0.25) is 0 Å². The number of carbonyl (C=O) groups is 5. The van der Waals surface area contributed by atoms with Gasteiger partial charge in [-0.2, -0.15) is 0 Å². The lowest BCUT2D eigenvalue weighted by atomic mass is 9.53. The third-order valence-electron chi connectivity index (χ3n) is 10.8. The van der Waals surface area contributed by atoms with Gasteiger partial charge in [0, 0.05) is 29.9 Å². The molecule has 10 atom stereocenters. The molecule has 0 N–H and O–H groups in total. The molecule has 2 bridgehead atoms. The Labute approximate surface area is 303 Å². The number of likely N-dealkylation sites (tertiary alicyclic amines) is 1. The van der Waals surface area contributed by atoms with Crippen LogP contribution >= 0.6 is 0 Å². The summed E-state index contributed by atoms with van der Waals surface area (Å²) in [6.07, 6.45) is -3.76. The number of methoxy groups -OCH3 is 1. The monoisotopic (exact) mass is 727 g/mol. The summed E-state index contributed by atoms with van der Waals surface area (Å²) in [5, 5.41) is 0. The van der Waals surface area contributed by atoms with Gasteiger partial charge in [0.1, 0.15) is 12.2 Å². The van der Waals surface area contributed by atoms with Crippen LogP contribution in [0.4, 0.5) is 0 Å². The number of rotatable bonds is 10. The maximum Gasteiger partial charge on any atom is 0.339 e. The van der Waals surface area contributed by atoms with Crippen LogP contribution in [0.1, 0.15) is 66.0 Å². The van der Waals surface area contributed by atoms with Gasteiger partial charge in [-0.15, -0.1) is 0 Å². The molecule has 52 heavy (non-hydrogen) atoms. The lowest BCUT2D eigenvalue weighted by Gasteiger charge is -2.57. The fraction of sp³-hybridized carbons (Fsp3) is 0.658. The quantitative estimate of drug-likeness (QED) is 0.150. The molecule has 2 fully saturated rings. The molecule has 3 aliphatic heterocycles.